The zero-order valence-electron chi connectivity index (χ0n) is 15.1. The summed E-state index contributed by atoms with van der Waals surface area (Å²) in [5, 5.41) is 14.5. The minimum atomic E-state index is 0.00375. The van der Waals surface area contributed by atoms with Gasteiger partial charge in [0.15, 0.2) is 5.82 Å². The van der Waals surface area contributed by atoms with Gasteiger partial charge in [-0.1, -0.05) is 0 Å². The van der Waals surface area contributed by atoms with Gasteiger partial charge in [0.2, 0.25) is 0 Å². The first-order chi connectivity index (χ1) is 13.2. The molecule has 1 amide bonds. The van der Waals surface area contributed by atoms with Gasteiger partial charge in [-0.3, -0.25) is 9.89 Å². The lowest BCUT2D eigenvalue weighted by Gasteiger charge is -2.33. The predicted octanol–water partition coefficient (Wildman–Crippen LogP) is 3.55. The number of nitrogens with zero attached hydrogens (tertiary/aromatic N) is 2. The normalized spacial score (nSPS) is 16.9. The Morgan fingerprint density at radius 2 is 2.19 bits per heavy atom. The average molecular weight is 382 g/mol. The van der Waals surface area contributed by atoms with Gasteiger partial charge in [-0.05, 0) is 54.1 Å². The van der Waals surface area contributed by atoms with E-state index in [-0.39, 0.29) is 11.9 Å². The number of methoxy groups -OCH3 is 1. The fraction of sp³-hybridized carbons (Fsp3) is 0.300. The molecule has 1 aliphatic heterocycles. The zero-order chi connectivity index (χ0) is 18.6. The molecule has 1 aromatic carbocycles. The number of piperidine rings is 1. The lowest BCUT2D eigenvalue weighted by Crippen LogP contribution is -2.47. The summed E-state index contributed by atoms with van der Waals surface area (Å²) in [6.07, 6.45) is 2.02. The Hall–Kier alpha value is -2.80. The molecule has 1 unspecified atom stereocenters. The molecule has 1 aliphatic rings. The van der Waals surface area contributed by atoms with Crippen molar-refractivity contribution in [3.63, 3.8) is 0 Å². The summed E-state index contributed by atoms with van der Waals surface area (Å²) in [4.78, 5) is 14.5. The average Bonchev–Trinajstić information content (AvgIpc) is 3.40. The van der Waals surface area contributed by atoms with Gasteiger partial charge in [-0.15, -0.1) is 0 Å². The van der Waals surface area contributed by atoms with Crippen molar-refractivity contribution in [2.24, 2.45) is 0 Å². The van der Waals surface area contributed by atoms with Crippen LogP contribution in [-0.4, -0.2) is 42.3 Å². The molecule has 7 heteroatoms. The van der Waals surface area contributed by atoms with Gasteiger partial charge in [0.1, 0.15) is 5.75 Å². The van der Waals surface area contributed by atoms with E-state index in [1.807, 2.05) is 41.1 Å². The molecular formula is C20H22N4O2S. The molecule has 6 nitrogen and oxygen atoms in total. The van der Waals surface area contributed by atoms with Crippen molar-refractivity contribution in [3.8, 4) is 17.0 Å². The van der Waals surface area contributed by atoms with E-state index < -0.39 is 0 Å². The van der Waals surface area contributed by atoms with Crippen LogP contribution < -0.4 is 15.0 Å². The lowest BCUT2D eigenvalue weighted by molar-refractivity contribution is 0.0933. The standard InChI is InChI=1S/C20H22N4O2S/c1-26-17-6-4-14(5-7-17)18-11-19(23-22-18)24-9-2-3-16(12-24)21-20(25)15-8-10-27-13-15/h4-8,10-11,13,16H,2-3,9,12H2,1H3,(H,21,25)(H,22,23). The second kappa shape index (κ2) is 7.84. The highest BCUT2D eigenvalue weighted by Crippen LogP contribution is 2.25. The van der Waals surface area contributed by atoms with Crippen LogP contribution in [0.1, 0.15) is 23.2 Å². The molecule has 2 N–H and O–H groups in total. The third-order valence-corrected chi connectivity index (χ3v) is 5.51. The Labute approximate surface area is 162 Å². The SMILES string of the molecule is COc1ccc(-c2cc(N3CCCC(NC(=O)c4ccsc4)C3)n[nH]2)cc1. The second-order valence-corrected chi connectivity index (χ2v) is 7.42. The number of H-pyrrole nitrogens is 1. The maximum Gasteiger partial charge on any atom is 0.252 e. The second-order valence-electron chi connectivity index (χ2n) is 6.64. The molecule has 4 rings (SSSR count). The van der Waals surface area contributed by atoms with Gasteiger partial charge in [0, 0.05) is 36.1 Å². The fourth-order valence-electron chi connectivity index (χ4n) is 3.36. The van der Waals surface area contributed by atoms with Gasteiger partial charge in [-0.25, -0.2) is 0 Å². The molecule has 140 valence electrons. The molecule has 1 fully saturated rings. The van der Waals surface area contributed by atoms with Crippen LogP contribution in [0.2, 0.25) is 0 Å². The van der Waals surface area contributed by atoms with E-state index >= 15 is 0 Å². The molecule has 0 saturated carbocycles. The first-order valence-electron chi connectivity index (χ1n) is 9.01. The number of hydrogen-bond donors (Lipinski definition) is 2. The van der Waals surface area contributed by atoms with Crippen LogP contribution in [0.3, 0.4) is 0 Å². The molecule has 0 spiro atoms. The fourth-order valence-corrected chi connectivity index (χ4v) is 3.99. The van der Waals surface area contributed by atoms with Crippen molar-refractivity contribution in [2.75, 3.05) is 25.1 Å². The number of amides is 1. The van der Waals surface area contributed by atoms with Crippen LogP contribution in [0.15, 0.2) is 47.2 Å². The molecule has 3 aromatic rings. The summed E-state index contributed by atoms with van der Waals surface area (Å²) in [6.45, 7) is 1.71. The molecule has 1 saturated heterocycles. The monoisotopic (exact) mass is 382 g/mol. The summed E-state index contributed by atoms with van der Waals surface area (Å²) in [6, 6.07) is 11.9. The van der Waals surface area contributed by atoms with Crippen LogP contribution in [0.4, 0.5) is 5.82 Å². The van der Waals surface area contributed by atoms with Crippen molar-refractivity contribution < 1.29 is 9.53 Å². The zero-order valence-corrected chi connectivity index (χ0v) is 16.0. The van der Waals surface area contributed by atoms with E-state index in [2.05, 4.69) is 26.5 Å². The summed E-state index contributed by atoms with van der Waals surface area (Å²) < 4.78 is 5.21. The third kappa shape index (κ3) is 3.98. The predicted molar refractivity (Wildman–Crippen MR) is 108 cm³/mol. The first-order valence-corrected chi connectivity index (χ1v) is 9.95. The van der Waals surface area contributed by atoms with Gasteiger partial charge >= 0.3 is 0 Å². The Morgan fingerprint density at radius 3 is 2.93 bits per heavy atom. The molecule has 0 bridgehead atoms. The largest absolute Gasteiger partial charge is 0.497 e. The van der Waals surface area contributed by atoms with E-state index in [0.717, 1.165) is 54.3 Å². The van der Waals surface area contributed by atoms with Crippen LogP contribution in [0.25, 0.3) is 11.3 Å². The highest BCUT2D eigenvalue weighted by Gasteiger charge is 2.23. The highest BCUT2D eigenvalue weighted by atomic mass is 32.1. The van der Waals surface area contributed by atoms with Crippen LogP contribution in [-0.2, 0) is 0 Å². The van der Waals surface area contributed by atoms with E-state index in [1.165, 1.54) is 11.3 Å². The van der Waals surface area contributed by atoms with Crippen molar-refractivity contribution in [1.29, 1.82) is 0 Å². The van der Waals surface area contributed by atoms with Crippen molar-refractivity contribution >= 4 is 23.1 Å². The molecule has 0 radical (unpaired) electrons. The van der Waals surface area contributed by atoms with Crippen LogP contribution in [0.5, 0.6) is 5.75 Å². The molecular weight excluding hydrogens is 360 g/mol. The van der Waals surface area contributed by atoms with Gasteiger partial charge in [0.05, 0.1) is 12.8 Å². The lowest BCUT2D eigenvalue weighted by atomic mass is 10.1. The molecule has 0 aliphatic carbocycles. The maximum absolute atomic E-state index is 12.3. The molecule has 3 heterocycles. The molecule has 2 aromatic heterocycles. The topological polar surface area (TPSA) is 70.2 Å². The number of ether oxygens (including phenoxy) is 1. The summed E-state index contributed by atoms with van der Waals surface area (Å²) >= 11 is 1.54. The molecule has 1 atom stereocenters. The summed E-state index contributed by atoms with van der Waals surface area (Å²) in [7, 11) is 1.66. The third-order valence-electron chi connectivity index (χ3n) is 4.83. The number of aromatic nitrogens is 2. The Bertz CT molecular complexity index is 889. The van der Waals surface area contributed by atoms with E-state index in [1.54, 1.807) is 7.11 Å². The number of anilines is 1. The smallest absolute Gasteiger partial charge is 0.252 e. The number of benzene rings is 1. The quantitative estimate of drug-likeness (QED) is 0.708. The van der Waals surface area contributed by atoms with Crippen molar-refractivity contribution in [1.82, 2.24) is 15.5 Å². The van der Waals surface area contributed by atoms with Crippen LogP contribution in [0, 0.1) is 0 Å². The van der Waals surface area contributed by atoms with Crippen molar-refractivity contribution in [3.05, 3.63) is 52.7 Å². The highest BCUT2D eigenvalue weighted by molar-refractivity contribution is 7.08. The van der Waals surface area contributed by atoms with E-state index in [9.17, 15) is 4.79 Å². The van der Waals surface area contributed by atoms with Gasteiger partial charge in [-0.2, -0.15) is 16.4 Å². The summed E-state index contributed by atoms with van der Waals surface area (Å²) in [5.41, 5.74) is 2.77. The Balaban J connectivity index is 1.42. The van der Waals surface area contributed by atoms with Crippen molar-refractivity contribution in [2.45, 2.75) is 18.9 Å². The Kier molecular flexibility index (Phi) is 5.11. The number of thiophene rings is 1. The number of aromatic amines is 1. The van der Waals surface area contributed by atoms with E-state index in [0.29, 0.717) is 0 Å². The maximum atomic E-state index is 12.3. The summed E-state index contributed by atoms with van der Waals surface area (Å²) in [5.74, 6) is 1.75. The van der Waals surface area contributed by atoms with Crippen LogP contribution >= 0.6 is 11.3 Å². The first kappa shape index (κ1) is 17.6. The van der Waals surface area contributed by atoms with Gasteiger partial charge in [0.25, 0.3) is 5.91 Å². The number of nitrogens with one attached hydrogen (secondary N) is 2. The number of rotatable bonds is 5. The van der Waals surface area contributed by atoms with E-state index in [4.69, 9.17) is 4.74 Å². The number of carbonyl (C=O) groups excluding carboxylic acids is 1. The number of hydrogen-bond acceptors (Lipinski definition) is 5. The minimum absolute atomic E-state index is 0.00375. The number of carbonyl (C=O) groups is 1. The minimum Gasteiger partial charge on any atom is -0.497 e. The Morgan fingerprint density at radius 1 is 1.33 bits per heavy atom. The van der Waals surface area contributed by atoms with Gasteiger partial charge < -0.3 is 15.0 Å². The molecule has 27 heavy (non-hydrogen) atoms.